The van der Waals surface area contributed by atoms with E-state index in [4.69, 9.17) is 12.2 Å². The second-order valence-corrected chi connectivity index (χ2v) is 8.96. The van der Waals surface area contributed by atoms with Crippen molar-refractivity contribution in [3.05, 3.63) is 34.3 Å². The maximum atomic E-state index is 12.1. The third-order valence-electron chi connectivity index (χ3n) is 4.58. The van der Waals surface area contributed by atoms with Gasteiger partial charge < -0.3 is 15.3 Å². The van der Waals surface area contributed by atoms with Crippen LogP contribution in [0.25, 0.3) is 0 Å². The molecule has 1 aliphatic heterocycles. The quantitative estimate of drug-likeness (QED) is 0.412. The van der Waals surface area contributed by atoms with Crippen LogP contribution >= 0.6 is 28.1 Å². The number of hydrazine groups is 1. The van der Waals surface area contributed by atoms with Crippen LogP contribution in [-0.4, -0.2) is 46.3 Å². The number of likely N-dealkylation sites (tertiary alicyclic amines) is 1. The van der Waals surface area contributed by atoms with Crippen molar-refractivity contribution in [2.24, 2.45) is 11.3 Å². The molecule has 0 saturated carbocycles. The molecule has 0 radical (unpaired) electrons. The largest absolute Gasteiger partial charge is 0.465 e. The molecule has 1 aromatic rings. The Labute approximate surface area is 173 Å². The second-order valence-electron chi connectivity index (χ2n) is 7.63. The first-order valence-electron chi connectivity index (χ1n) is 8.69. The van der Waals surface area contributed by atoms with Crippen molar-refractivity contribution < 1.29 is 14.7 Å². The van der Waals surface area contributed by atoms with Crippen LogP contribution in [0.15, 0.2) is 28.7 Å². The average Bonchev–Trinajstić information content (AvgIpc) is 3.03. The third-order valence-corrected chi connectivity index (χ3v) is 5.35. The summed E-state index contributed by atoms with van der Waals surface area (Å²) in [5.41, 5.74) is 5.57. The van der Waals surface area contributed by atoms with E-state index in [1.54, 1.807) is 24.3 Å². The number of amides is 2. The van der Waals surface area contributed by atoms with Gasteiger partial charge in [-0.1, -0.05) is 36.7 Å². The Hall–Kier alpha value is -1.87. The van der Waals surface area contributed by atoms with Gasteiger partial charge in [0.1, 0.15) is 0 Å². The summed E-state index contributed by atoms with van der Waals surface area (Å²) in [6, 6.07) is 6.87. The molecule has 0 aliphatic carbocycles. The number of carboxylic acid groups (broad SMARTS) is 1. The minimum atomic E-state index is -0.889. The number of thiocarbonyl (C=S) groups is 1. The zero-order valence-electron chi connectivity index (χ0n) is 15.6. The number of nitrogens with one attached hydrogen (secondary N) is 3. The number of carbonyl (C=O) groups is 2. The highest BCUT2D eigenvalue weighted by Gasteiger charge is 2.43. The first-order valence-corrected chi connectivity index (χ1v) is 9.89. The van der Waals surface area contributed by atoms with Crippen molar-refractivity contribution in [1.29, 1.82) is 0 Å². The summed E-state index contributed by atoms with van der Waals surface area (Å²) in [5.74, 6) is -0.153. The molecule has 27 heavy (non-hydrogen) atoms. The summed E-state index contributed by atoms with van der Waals surface area (Å²) >= 11 is 8.54. The molecular weight excluding hydrogens is 432 g/mol. The number of carbonyl (C=O) groups excluding carboxylic acids is 1. The Morgan fingerprint density at radius 3 is 2.44 bits per heavy atom. The van der Waals surface area contributed by atoms with Crippen LogP contribution in [0, 0.1) is 11.3 Å². The van der Waals surface area contributed by atoms with Crippen LogP contribution in [-0.2, 0) is 0 Å². The SMILES string of the molecule is CC(C)(C)C1[C@H](CNC(=S)NNC(=O)c2ccc(Br)cc2)CCN1C(=O)O. The van der Waals surface area contributed by atoms with Crippen LogP contribution in [0.3, 0.4) is 0 Å². The second kappa shape index (κ2) is 8.88. The van der Waals surface area contributed by atoms with Gasteiger partial charge in [-0.25, -0.2) is 4.79 Å². The smallest absolute Gasteiger partial charge is 0.407 e. The fourth-order valence-corrected chi connectivity index (χ4v) is 3.91. The minimum absolute atomic E-state index is 0.0948. The van der Waals surface area contributed by atoms with E-state index in [0.29, 0.717) is 23.8 Å². The summed E-state index contributed by atoms with van der Waals surface area (Å²) in [6.45, 7) is 7.18. The van der Waals surface area contributed by atoms with Crippen LogP contribution in [0.1, 0.15) is 37.6 Å². The molecular formula is C18H25BrN4O3S. The molecule has 0 aromatic heterocycles. The fraction of sp³-hybridized carbons (Fsp3) is 0.500. The average molecular weight is 457 g/mol. The Balaban J connectivity index is 1.85. The molecule has 9 heteroatoms. The highest BCUT2D eigenvalue weighted by Crippen LogP contribution is 2.36. The molecule has 148 valence electrons. The summed E-state index contributed by atoms with van der Waals surface area (Å²) in [4.78, 5) is 25.1. The van der Waals surface area contributed by atoms with Crippen LogP contribution in [0.4, 0.5) is 4.79 Å². The van der Waals surface area contributed by atoms with Gasteiger partial charge in [-0.3, -0.25) is 15.6 Å². The lowest BCUT2D eigenvalue weighted by atomic mass is 9.79. The van der Waals surface area contributed by atoms with E-state index in [1.807, 2.05) is 20.8 Å². The molecule has 1 heterocycles. The highest BCUT2D eigenvalue weighted by atomic mass is 79.9. The Morgan fingerprint density at radius 1 is 1.26 bits per heavy atom. The molecule has 1 saturated heterocycles. The zero-order valence-corrected chi connectivity index (χ0v) is 18.0. The van der Waals surface area contributed by atoms with Crippen LogP contribution < -0.4 is 16.2 Å². The molecule has 1 unspecified atom stereocenters. The molecule has 1 aliphatic rings. The number of rotatable bonds is 3. The minimum Gasteiger partial charge on any atom is -0.465 e. The van der Waals surface area contributed by atoms with Gasteiger partial charge >= 0.3 is 6.09 Å². The van der Waals surface area contributed by atoms with E-state index in [-0.39, 0.29) is 23.3 Å². The topological polar surface area (TPSA) is 93.7 Å². The van der Waals surface area contributed by atoms with Gasteiger partial charge in [-0.05, 0) is 54.2 Å². The highest BCUT2D eigenvalue weighted by molar-refractivity contribution is 9.10. The van der Waals surface area contributed by atoms with Crippen LogP contribution in [0.2, 0.25) is 0 Å². The monoisotopic (exact) mass is 456 g/mol. The normalized spacial score (nSPS) is 19.5. The lowest BCUT2D eigenvalue weighted by Crippen LogP contribution is -2.51. The number of benzene rings is 1. The van der Waals surface area contributed by atoms with E-state index in [2.05, 4.69) is 32.1 Å². The predicted octanol–water partition coefficient (Wildman–Crippen LogP) is 2.97. The van der Waals surface area contributed by atoms with Crippen molar-refractivity contribution in [2.45, 2.75) is 33.2 Å². The molecule has 2 rings (SSSR count). The summed E-state index contributed by atoms with van der Waals surface area (Å²) in [5, 5.41) is 12.8. The fourth-order valence-electron chi connectivity index (χ4n) is 3.51. The van der Waals surface area contributed by atoms with Crippen molar-refractivity contribution in [1.82, 2.24) is 21.1 Å². The molecule has 0 spiro atoms. The van der Waals surface area contributed by atoms with Gasteiger partial charge in [-0.15, -0.1) is 0 Å². The van der Waals surface area contributed by atoms with E-state index >= 15 is 0 Å². The lowest BCUT2D eigenvalue weighted by molar-refractivity contribution is 0.0912. The maximum Gasteiger partial charge on any atom is 0.407 e. The number of halogens is 1. The molecule has 2 amide bonds. The third kappa shape index (κ3) is 5.80. The van der Waals surface area contributed by atoms with E-state index < -0.39 is 6.09 Å². The molecule has 0 bridgehead atoms. The Kier molecular flexibility index (Phi) is 7.05. The van der Waals surface area contributed by atoms with Crippen molar-refractivity contribution in [3.8, 4) is 0 Å². The van der Waals surface area contributed by atoms with Crippen LogP contribution in [0.5, 0.6) is 0 Å². The molecule has 1 aromatic carbocycles. The van der Waals surface area contributed by atoms with Gasteiger partial charge in [0.25, 0.3) is 5.91 Å². The van der Waals surface area contributed by atoms with Gasteiger partial charge in [-0.2, -0.15) is 0 Å². The Morgan fingerprint density at radius 2 is 1.89 bits per heavy atom. The van der Waals surface area contributed by atoms with Crippen molar-refractivity contribution in [2.75, 3.05) is 13.1 Å². The maximum absolute atomic E-state index is 12.1. The van der Waals surface area contributed by atoms with E-state index in [9.17, 15) is 14.7 Å². The summed E-state index contributed by atoms with van der Waals surface area (Å²) in [7, 11) is 0. The molecule has 7 nitrogen and oxygen atoms in total. The number of hydrogen-bond acceptors (Lipinski definition) is 3. The van der Waals surface area contributed by atoms with Gasteiger partial charge in [0, 0.05) is 29.2 Å². The predicted molar refractivity (Wildman–Crippen MR) is 111 cm³/mol. The van der Waals surface area contributed by atoms with Crippen molar-refractivity contribution in [3.63, 3.8) is 0 Å². The number of nitrogens with zero attached hydrogens (tertiary/aromatic N) is 1. The molecule has 2 atom stereocenters. The molecule has 1 fully saturated rings. The van der Waals surface area contributed by atoms with Gasteiger partial charge in [0.05, 0.1) is 0 Å². The first kappa shape index (κ1) is 21.4. The zero-order chi connectivity index (χ0) is 20.2. The summed E-state index contributed by atoms with van der Waals surface area (Å²) < 4.78 is 0.893. The van der Waals surface area contributed by atoms with Gasteiger partial charge in [0.15, 0.2) is 5.11 Å². The lowest BCUT2D eigenvalue weighted by Gasteiger charge is -2.37. The van der Waals surface area contributed by atoms with Crippen molar-refractivity contribution >= 4 is 45.3 Å². The van der Waals surface area contributed by atoms with Gasteiger partial charge in [0.2, 0.25) is 0 Å². The first-order chi connectivity index (χ1) is 12.6. The summed E-state index contributed by atoms with van der Waals surface area (Å²) in [6.07, 6.45) is -0.116. The standard InChI is InChI=1S/C18H25BrN4O3S/c1-18(2,3)14-12(8-9-23(14)17(25)26)10-20-16(27)22-21-15(24)11-4-6-13(19)7-5-11/h4-7,12,14H,8-10H2,1-3H3,(H,21,24)(H,25,26)(H2,20,22,27)/t12-,14?/m0/s1. The van der Waals surface area contributed by atoms with E-state index in [1.165, 1.54) is 4.90 Å². The molecule has 4 N–H and O–H groups in total. The van der Waals surface area contributed by atoms with E-state index in [0.717, 1.165) is 10.9 Å². The number of hydrogen-bond donors (Lipinski definition) is 4. The Bertz CT molecular complexity index is 706.